The third-order valence-electron chi connectivity index (χ3n) is 4.36. The number of carbonyl (C=O) groups excluding carboxylic acids is 2. The Balaban J connectivity index is 2.62. The van der Waals surface area contributed by atoms with Crippen LogP contribution in [0.15, 0.2) is 10.7 Å². The fraction of sp³-hybridized carbons (Fsp3) is 0.789. The van der Waals surface area contributed by atoms with E-state index in [0.717, 1.165) is 12.9 Å². The highest BCUT2D eigenvalue weighted by atomic mass is 32.2. The molecule has 4 nitrogen and oxygen atoms in total. The zero-order chi connectivity index (χ0) is 20.8. The molecular weight excluding hydrogens is 390 g/mol. The molecule has 0 bridgehead atoms. The van der Waals surface area contributed by atoms with Crippen molar-refractivity contribution in [2.45, 2.75) is 71.9 Å². The Bertz CT molecular complexity index is 571. The zero-order valence-corrected chi connectivity index (χ0v) is 18.9. The van der Waals surface area contributed by atoms with Crippen LogP contribution in [0.4, 0.5) is 8.78 Å². The highest BCUT2D eigenvalue weighted by Gasteiger charge is 2.41. The van der Waals surface area contributed by atoms with Crippen molar-refractivity contribution in [3.05, 3.63) is 10.7 Å². The van der Waals surface area contributed by atoms with E-state index >= 15 is 0 Å². The van der Waals surface area contributed by atoms with Gasteiger partial charge in [-0.1, -0.05) is 20.8 Å². The summed E-state index contributed by atoms with van der Waals surface area (Å²) in [5.74, 6) is -2.41. The highest BCUT2D eigenvalue weighted by Crippen LogP contribution is 2.45. The smallest absolute Gasteiger partial charge is 0.311 e. The van der Waals surface area contributed by atoms with Crippen molar-refractivity contribution < 1.29 is 27.5 Å². The molecule has 1 aliphatic carbocycles. The van der Waals surface area contributed by atoms with Crippen LogP contribution in [-0.2, 0) is 18.8 Å². The molecule has 1 aliphatic rings. The fourth-order valence-corrected chi connectivity index (χ4v) is 4.77. The first kappa shape index (κ1) is 24.1. The van der Waals surface area contributed by atoms with Gasteiger partial charge in [-0.15, -0.1) is 11.8 Å². The third kappa shape index (κ3) is 7.93. The quantitative estimate of drug-likeness (QED) is 0.276. The van der Waals surface area contributed by atoms with Gasteiger partial charge in [-0.3, -0.25) is 9.59 Å². The molecule has 0 amide bonds. The van der Waals surface area contributed by atoms with E-state index in [0.29, 0.717) is 23.5 Å². The van der Waals surface area contributed by atoms with E-state index in [1.165, 1.54) is 11.8 Å². The van der Waals surface area contributed by atoms with E-state index in [4.69, 9.17) is 4.43 Å². The topological polar surface area (TPSA) is 52.6 Å². The van der Waals surface area contributed by atoms with Gasteiger partial charge in [0, 0.05) is 18.8 Å². The number of halogens is 2. The van der Waals surface area contributed by atoms with Crippen LogP contribution in [0.5, 0.6) is 0 Å². The molecule has 0 aromatic rings. The van der Waals surface area contributed by atoms with Crippen molar-refractivity contribution in [1.82, 2.24) is 0 Å². The maximum Gasteiger partial charge on any atom is 0.311 e. The molecule has 1 atom stereocenters. The largest absolute Gasteiger partial charge is 0.544 e. The number of ether oxygens (including phenoxy) is 1. The fourth-order valence-electron chi connectivity index (χ4n) is 2.89. The molecule has 0 heterocycles. The van der Waals surface area contributed by atoms with E-state index in [1.807, 2.05) is 13.1 Å². The number of allylic oxidation sites excluding steroid dienone is 2. The molecule has 0 saturated heterocycles. The summed E-state index contributed by atoms with van der Waals surface area (Å²) in [6.07, 6.45) is 0.0349. The number of methoxy groups -OCH3 is 1. The normalized spacial score (nSPS) is 18.4. The Morgan fingerprint density at radius 1 is 1.26 bits per heavy atom. The van der Waals surface area contributed by atoms with E-state index < -0.39 is 27.4 Å². The molecule has 0 aromatic carbocycles. The summed E-state index contributed by atoms with van der Waals surface area (Å²) in [6, 6.07) is 0. The van der Waals surface area contributed by atoms with Crippen LogP contribution in [0.3, 0.4) is 0 Å². The van der Waals surface area contributed by atoms with Crippen LogP contribution in [0.1, 0.15) is 52.9 Å². The number of hydrogen-bond acceptors (Lipinski definition) is 5. The zero-order valence-electron chi connectivity index (χ0n) is 17.1. The lowest BCUT2D eigenvalue weighted by Crippen LogP contribution is -2.24. The van der Waals surface area contributed by atoms with E-state index in [1.54, 1.807) is 0 Å². The van der Waals surface area contributed by atoms with E-state index in [9.17, 15) is 18.4 Å². The van der Waals surface area contributed by atoms with Crippen LogP contribution < -0.4 is 0 Å². The molecule has 0 spiro atoms. The van der Waals surface area contributed by atoms with Gasteiger partial charge in [0.15, 0.2) is 5.78 Å². The van der Waals surface area contributed by atoms with Crippen LogP contribution in [0, 0.1) is 11.3 Å². The van der Waals surface area contributed by atoms with Crippen LogP contribution in [0.2, 0.25) is 13.1 Å². The average molecular weight is 422 g/mol. The number of hydrogen-bond donors (Lipinski definition) is 0. The van der Waals surface area contributed by atoms with Crippen molar-refractivity contribution in [3.63, 3.8) is 0 Å². The molecule has 1 unspecified atom stereocenters. The summed E-state index contributed by atoms with van der Waals surface area (Å²) >= 11 is 1.42. The van der Waals surface area contributed by atoms with Gasteiger partial charge < -0.3 is 9.16 Å². The SMILES string of the molecule is COC(=O)CC(F)(F)CCCCSC1=C(O[Si](C)C)C(C(C)(C)C)CC1=O. The van der Waals surface area contributed by atoms with Crippen LogP contribution in [0.25, 0.3) is 0 Å². The molecule has 0 N–H and O–H groups in total. The first-order chi connectivity index (χ1) is 12.4. The molecule has 0 fully saturated rings. The minimum Gasteiger partial charge on any atom is -0.544 e. The number of unbranched alkanes of at least 4 members (excludes halogenated alkanes) is 1. The van der Waals surface area contributed by atoms with Gasteiger partial charge in [0.25, 0.3) is 15.0 Å². The lowest BCUT2D eigenvalue weighted by atomic mass is 9.79. The molecular formula is C19H31F2O4SSi. The molecule has 0 aliphatic heterocycles. The summed E-state index contributed by atoms with van der Waals surface area (Å²) in [6.45, 7) is 10.4. The summed E-state index contributed by atoms with van der Waals surface area (Å²) in [5.41, 5.74) is -0.0689. The number of alkyl halides is 2. The van der Waals surface area contributed by atoms with Gasteiger partial charge >= 0.3 is 5.97 Å². The Hall–Kier alpha value is -0.893. The lowest BCUT2D eigenvalue weighted by Gasteiger charge is -2.29. The summed E-state index contributed by atoms with van der Waals surface area (Å²) in [4.78, 5) is 24.2. The molecule has 27 heavy (non-hydrogen) atoms. The highest BCUT2D eigenvalue weighted by molar-refractivity contribution is 8.04. The van der Waals surface area contributed by atoms with Crippen molar-refractivity contribution in [2.75, 3.05) is 12.9 Å². The predicted molar refractivity (Wildman–Crippen MR) is 106 cm³/mol. The standard InChI is InChI=1S/C19H31F2O4SSi/c1-18(2,3)13-11-14(22)17(16(13)25-27(5)6)26-10-8-7-9-19(20,21)12-15(23)24-4/h13H,7-12H2,1-6H3. The van der Waals surface area contributed by atoms with Crippen molar-refractivity contribution >= 4 is 32.6 Å². The second-order valence-corrected chi connectivity index (χ2v) is 11.3. The van der Waals surface area contributed by atoms with Gasteiger partial charge in [0.2, 0.25) is 0 Å². The molecule has 0 saturated carbocycles. The number of thioether (sulfide) groups is 1. The molecule has 155 valence electrons. The second kappa shape index (κ2) is 10.0. The number of Topliss-reactive ketones (excluding diaryl/α,β-unsaturated/α-hetero) is 1. The number of ketones is 1. The Morgan fingerprint density at radius 2 is 1.89 bits per heavy atom. The Morgan fingerprint density at radius 3 is 2.41 bits per heavy atom. The molecule has 0 aromatic heterocycles. The first-order valence-corrected chi connectivity index (χ1v) is 12.6. The van der Waals surface area contributed by atoms with Crippen LogP contribution in [-0.4, -0.2) is 39.6 Å². The van der Waals surface area contributed by atoms with Crippen LogP contribution >= 0.6 is 11.8 Å². The maximum atomic E-state index is 13.7. The monoisotopic (exact) mass is 421 g/mol. The lowest BCUT2D eigenvalue weighted by molar-refractivity contribution is -0.149. The second-order valence-electron chi connectivity index (χ2n) is 8.16. The van der Waals surface area contributed by atoms with Crippen molar-refractivity contribution in [2.24, 2.45) is 11.3 Å². The summed E-state index contributed by atoms with van der Waals surface area (Å²) < 4.78 is 37.7. The Kier molecular flexibility index (Phi) is 8.99. The predicted octanol–water partition coefficient (Wildman–Crippen LogP) is 5.20. The first-order valence-electron chi connectivity index (χ1n) is 9.20. The Labute approximate surface area is 167 Å². The average Bonchev–Trinajstić information content (AvgIpc) is 2.82. The van der Waals surface area contributed by atoms with Gasteiger partial charge in [0.1, 0.15) is 12.2 Å². The number of rotatable bonds is 10. The van der Waals surface area contributed by atoms with Crippen molar-refractivity contribution in [1.29, 1.82) is 0 Å². The third-order valence-corrected chi connectivity index (χ3v) is 6.19. The minimum atomic E-state index is -3.05. The molecule has 8 heteroatoms. The molecule has 1 rings (SSSR count). The van der Waals surface area contributed by atoms with Gasteiger partial charge in [0.05, 0.1) is 12.0 Å². The molecule has 1 radical (unpaired) electrons. The number of esters is 1. The minimum absolute atomic E-state index is 0.0665. The van der Waals surface area contributed by atoms with Gasteiger partial charge in [-0.2, -0.15) is 0 Å². The maximum absolute atomic E-state index is 13.7. The number of carbonyl (C=O) groups is 2. The summed E-state index contributed by atoms with van der Waals surface area (Å²) in [5, 5.41) is 0. The van der Waals surface area contributed by atoms with Gasteiger partial charge in [-0.05, 0) is 37.1 Å². The van der Waals surface area contributed by atoms with Gasteiger partial charge in [-0.25, -0.2) is 8.78 Å². The van der Waals surface area contributed by atoms with E-state index in [2.05, 4.69) is 25.5 Å². The summed E-state index contributed by atoms with van der Waals surface area (Å²) in [7, 11) is 0.103. The van der Waals surface area contributed by atoms with E-state index in [-0.39, 0.29) is 30.0 Å². The van der Waals surface area contributed by atoms with Crippen molar-refractivity contribution in [3.8, 4) is 0 Å².